The fraction of sp³-hybridized carbons (Fsp3) is 0.464. The molecule has 3 atom stereocenters. The first kappa shape index (κ1) is 26.5. The topological polar surface area (TPSA) is 127 Å². The number of methoxy groups -OCH3 is 3. The van der Waals surface area contributed by atoms with Crippen molar-refractivity contribution in [2.45, 2.75) is 55.6 Å². The van der Waals surface area contributed by atoms with E-state index < -0.39 is 41.4 Å². The molecule has 1 N–H and O–H groups in total. The zero-order valence-electron chi connectivity index (χ0n) is 22.3. The fourth-order valence-electron chi connectivity index (χ4n) is 6.61. The number of hydrogen-bond acceptors (Lipinski definition) is 9. The van der Waals surface area contributed by atoms with Crippen LogP contribution in [0.4, 0.5) is 10.5 Å². The number of rotatable bonds is 6. The molecule has 3 aliphatic heterocycles. The minimum Gasteiger partial charge on any atom is -0.467 e. The summed E-state index contributed by atoms with van der Waals surface area (Å²) in [6.45, 7) is 4.20. The lowest BCUT2D eigenvalue weighted by Crippen LogP contribution is -2.57. The van der Waals surface area contributed by atoms with E-state index in [0.29, 0.717) is 6.54 Å². The summed E-state index contributed by atoms with van der Waals surface area (Å²) < 4.78 is 15.3. The van der Waals surface area contributed by atoms with Gasteiger partial charge in [-0.05, 0) is 30.9 Å². The van der Waals surface area contributed by atoms with Crippen LogP contribution in [0.1, 0.15) is 37.7 Å². The van der Waals surface area contributed by atoms with Crippen molar-refractivity contribution >= 4 is 35.5 Å². The molecule has 0 radical (unpaired) electrons. The van der Waals surface area contributed by atoms with Gasteiger partial charge in [0.15, 0.2) is 5.70 Å². The lowest BCUT2D eigenvalue weighted by molar-refractivity contribution is -0.144. The summed E-state index contributed by atoms with van der Waals surface area (Å²) in [6, 6.07) is 5.07. The van der Waals surface area contributed by atoms with Gasteiger partial charge in [0, 0.05) is 18.3 Å². The highest BCUT2D eigenvalue weighted by Crippen LogP contribution is 2.57. The molecule has 5 rings (SSSR count). The number of ether oxygens (including phenoxy) is 3. The largest absolute Gasteiger partial charge is 0.467 e. The predicted molar refractivity (Wildman–Crippen MR) is 141 cm³/mol. The number of hydrogen-bond donors (Lipinski definition) is 1. The second-order valence-electron chi connectivity index (χ2n) is 10.1. The molecule has 0 bridgehead atoms. The van der Waals surface area contributed by atoms with E-state index in [9.17, 15) is 19.2 Å². The van der Waals surface area contributed by atoms with Crippen molar-refractivity contribution in [3.8, 4) is 0 Å². The van der Waals surface area contributed by atoms with E-state index in [1.54, 1.807) is 6.08 Å². The number of esters is 3. The number of nitrogens with one attached hydrogen (secondary N) is 1. The Kier molecular flexibility index (Phi) is 6.92. The molecule has 11 heteroatoms. The molecular weight excluding hydrogens is 504 g/mol. The van der Waals surface area contributed by atoms with Crippen molar-refractivity contribution in [3.63, 3.8) is 0 Å². The van der Waals surface area contributed by atoms with Gasteiger partial charge in [-0.25, -0.2) is 24.2 Å². The molecule has 4 aliphatic rings. The highest BCUT2D eigenvalue weighted by molar-refractivity contribution is 6.17. The van der Waals surface area contributed by atoms with Crippen LogP contribution in [0.5, 0.6) is 0 Å². The summed E-state index contributed by atoms with van der Waals surface area (Å²) in [6.07, 6.45) is 5.43. The van der Waals surface area contributed by atoms with E-state index >= 15 is 0 Å². The van der Waals surface area contributed by atoms with Crippen molar-refractivity contribution < 1.29 is 33.4 Å². The van der Waals surface area contributed by atoms with Gasteiger partial charge in [-0.15, -0.1) is 6.58 Å². The molecule has 1 saturated heterocycles. The third kappa shape index (κ3) is 3.90. The van der Waals surface area contributed by atoms with Crippen LogP contribution >= 0.6 is 0 Å². The van der Waals surface area contributed by atoms with Gasteiger partial charge in [0.2, 0.25) is 0 Å². The van der Waals surface area contributed by atoms with Gasteiger partial charge >= 0.3 is 23.9 Å². The van der Waals surface area contributed by atoms with Gasteiger partial charge in [0.05, 0.1) is 38.4 Å². The Morgan fingerprint density at radius 1 is 1.08 bits per heavy atom. The maximum Gasteiger partial charge on any atom is 0.357 e. The Morgan fingerprint density at radius 3 is 2.41 bits per heavy atom. The maximum absolute atomic E-state index is 13.9. The van der Waals surface area contributed by atoms with Crippen LogP contribution in [0.3, 0.4) is 0 Å². The molecule has 206 valence electrons. The first-order valence-electron chi connectivity index (χ1n) is 13.0. The normalized spacial score (nSPS) is 25.4. The Hall–Kier alpha value is -4.15. The Balaban J connectivity index is 1.79. The number of nitrogens with zero attached hydrogens (tertiary/aromatic N) is 3. The first-order chi connectivity index (χ1) is 18.8. The summed E-state index contributed by atoms with van der Waals surface area (Å²) >= 11 is 0. The van der Waals surface area contributed by atoms with Gasteiger partial charge in [-0.1, -0.05) is 37.1 Å². The van der Waals surface area contributed by atoms with Crippen molar-refractivity contribution in [1.29, 1.82) is 0 Å². The SMILES string of the molecule is C=CCN1c2ccccc2[C@]23C[C@@H](C(=O)OC)N(C(=O)NC4CCCC4)C2=NC(C(=O)OC)=C(C(=O)OC)[C@H]13. The number of carbonyl (C=O) groups is 4. The number of benzene rings is 1. The number of carbonyl (C=O) groups excluding carboxylic acids is 4. The minimum absolute atomic E-state index is 0.00665. The molecule has 39 heavy (non-hydrogen) atoms. The van der Waals surface area contributed by atoms with Crippen LogP contribution in [0, 0.1) is 0 Å². The molecule has 1 spiro atoms. The Morgan fingerprint density at radius 2 is 1.77 bits per heavy atom. The number of amides is 2. The zero-order valence-corrected chi connectivity index (χ0v) is 22.3. The van der Waals surface area contributed by atoms with E-state index in [2.05, 4.69) is 16.9 Å². The molecular formula is C28H32N4O7. The highest BCUT2D eigenvalue weighted by Gasteiger charge is 2.67. The summed E-state index contributed by atoms with van der Waals surface area (Å²) in [4.78, 5) is 61.5. The van der Waals surface area contributed by atoms with Crippen LogP contribution in [0.15, 0.2) is 53.2 Å². The molecule has 0 unspecified atom stereocenters. The summed E-state index contributed by atoms with van der Waals surface area (Å²) in [5, 5.41) is 3.05. The molecule has 0 aromatic heterocycles. The van der Waals surface area contributed by atoms with Crippen molar-refractivity contribution in [2.75, 3.05) is 32.8 Å². The van der Waals surface area contributed by atoms with E-state index in [4.69, 9.17) is 14.2 Å². The molecule has 1 aromatic rings. The third-order valence-electron chi connectivity index (χ3n) is 8.16. The van der Waals surface area contributed by atoms with Crippen molar-refractivity contribution in [1.82, 2.24) is 10.2 Å². The summed E-state index contributed by atoms with van der Waals surface area (Å²) in [5.41, 5.74) is 0.112. The minimum atomic E-state index is -1.15. The highest BCUT2D eigenvalue weighted by atomic mass is 16.5. The second-order valence-corrected chi connectivity index (χ2v) is 10.1. The Labute approximate surface area is 226 Å². The molecule has 11 nitrogen and oxygen atoms in total. The molecule has 1 aromatic carbocycles. The molecule has 2 fully saturated rings. The average molecular weight is 537 g/mol. The predicted octanol–water partition coefficient (Wildman–Crippen LogP) is 2.21. The molecule has 3 heterocycles. The van der Waals surface area contributed by atoms with Crippen LogP contribution in [0.25, 0.3) is 0 Å². The van der Waals surface area contributed by atoms with Crippen molar-refractivity contribution in [3.05, 3.63) is 53.8 Å². The van der Waals surface area contributed by atoms with Gasteiger partial charge in [-0.3, -0.25) is 4.90 Å². The van der Waals surface area contributed by atoms with E-state index in [1.165, 1.54) is 26.2 Å². The number of aliphatic imine (C=N–C) groups is 1. The lowest BCUT2D eigenvalue weighted by atomic mass is 9.69. The first-order valence-corrected chi connectivity index (χ1v) is 13.0. The maximum atomic E-state index is 13.9. The third-order valence-corrected chi connectivity index (χ3v) is 8.16. The number of fused-ring (bicyclic) bond motifs is 1. The smallest absolute Gasteiger partial charge is 0.357 e. The second kappa shape index (κ2) is 10.2. The molecule has 1 aliphatic carbocycles. The number of urea groups is 1. The van der Waals surface area contributed by atoms with Gasteiger partial charge in [-0.2, -0.15) is 0 Å². The van der Waals surface area contributed by atoms with Crippen LogP contribution in [0.2, 0.25) is 0 Å². The number of anilines is 1. The standard InChI is InChI=1S/C28H32N4O7/c1-5-14-31-18-13-9-8-12-17(18)28-15-19(23(33)37-2)32(27(36)29-16-10-6-7-11-16)26(28)30-21(25(35)39-4)20(22(28)31)24(34)38-3/h5,8-9,12-13,16,19,22H,1,6-7,10-11,14-15H2,2-4H3,(H,29,36)/t19-,22-,28-/m0/s1. The van der Waals surface area contributed by atoms with Gasteiger partial charge in [0.25, 0.3) is 0 Å². The van der Waals surface area contributed by atoms with Crippen molar-refractivity contribution in [2.24, 2.45) is 4.99 Å². The number of amidine groups is 1. The summed E-state index contributed by atoms with van der Waals surface area (Å²) in [5.74, 6) is -2.05. The zero-order chi connectivity index (χ0) is 27.9. The van der Waals surface area contributed by atoms with Gasteiger partial charge in [0.1, 0.15) is 11.9 Å². The molecule has 2 amide bonds. The van der Waals surface area contributed by atoms with Crippen LogP contribution in [-0.2, 0) is 34.0 Å². The van der Waals surface area contributed by atoms with Crippen LogP contribution in [-0.4, -0.2) is 80.7 Å². The average Bonchev–Trinajstić information content (AvgIpc) is 3.66. The lowest BCUT2D eigenvalue weighted by Gasteiger charge is -2.40. The fourth-order valence-corrected chi connectivity index (χ4v) is 6.61. The number of para-hydroxylation sites is 1. The number of likely N-dealkylation sites (tertiary alicyclic amines) is 1. The molecule has 1 saturated carbocycles. The van der Waals surface area contributed by atoms with Crippen LogP contribution < -0.4 is 10.2 Å². The van der Waals surface area contributed by atoms with E-state index in [1.807, 2.05) is 29.2 Å². The quantitative estimate of drug-likeness (QED) is 0.333. The van der Waals surface area contributed by atoms with Gasteiger partial charge < -0.3 is 24.4 Å². The van der Waals surface area contributed by atoms with E-state index in [-0.39, 0.29) is 29.6 Å². The monoisotopic (exact) mass is 536 g/mol. The summed E-state index contributed by atoms with van der Waals surface area (Å²) in [7, 11) is 3.68. The Bertz CT molecular complexity index is 1300. The van der Waals surface area contributed by atoms with E-state index in [0.717, 1.165) is 36.9 Å².